The van der Waals surface area contributed by atoms with Gasteiger partial charge in [0.1, 0.15) is 5.82 Å². The second-order valence-corrected chi connectivity index (χ2v) is 4.12. The monoisotopic (exact) mass is 247 g/mol. The zero-order valence-corrected chi connectivity index (χ0v) is 10.8. The van der Waals surface area contributed by atoms with E-state index in [1.807, 2.05) is 36.7 Å². The second kappa shape index (κ2) is 5.78. The average molecular weight is 247 g/mol. The van der Waals surface area contributed by atoms with E-state index >= 15 is 0 Å². The summed E-state index contributed by atoms with van der Waals surface area (Å²) < 4.78 is 15.8. The Kier molecular flexibility index (Phi) is 4.10. The molecule has 0 unspecified atom stereocenters. The van der Waals surface area contributed by atoms with Gasteiger partial charge in [0.05, 0.1) is 5.69 Å². The van der Waals surface area contributed by atoms with Gasteiger partial charge in [-0.25, -0.2) is 4.39 Å². The summed E-state index contributed by atoms with van der Waals surface area (Å²) in [5, 5.41) is 7.32. The van der Waals surface area contributed by atoms with E-state index in [0.717, 1.165) is 24.3 Å². The fourth-order valence-electron chi connectivity index (χ4n) is 1.94. The molecule has 1 heterocycles. The van der Waals surface area contributed by atoms with E-state index in [4.69, 9.17) is 0 Å². The maximum absolute atomic E-state index is 13.9. The number of halogens is 1. The van der Waals surface area contributed by atoms with Gasteiger partial charge in [-0.1, -0.05) is 19.1 Å². The molecule has 0 amide bonds. The van der Waals surface area contributed by atoms with Crippen molar-refractivity contribution >= 4 is 0 Å². The number of rotatable bonds is 5. The molecule has 0 bridgehead atoms. The third-order valence-corrected chi connectivity index (χ3v) is 2.93. The molecule has 2 rings (SSSR count). The van der Waals surface area contributed by atoms with Crippen molar-refractivity contribution in [3.05, 3.63) is 41.8 Å². The summed E-state index contributed by atoms with van der Waals surface area (Å²) in [7, 11) is 0. The van der Waals surface area contributed by atoms with Crippen LogP contribution in [0.2, 0.25) is 0 Å². The molecule has 0 aliphatic heterocycles. The van der Waals surface area contributed by atoms with Gasteiger partial charge in [0, 0.05) is 30.4 Å². The first kappa shape index (κ1) is 12.8. The lowest BCUT2D eigenvalue weighted by molar-refractivity contribution is 0.593. The van der Waals surface area contributed by atoms with Crippen LogP contribution in [0, 0.1) is 5.82 Å². The summed E-state index contributed by atoms with van der Waals surface area (Å²) in [5.41, 5.74) is 2.52. The van der Waals surface area contributed by atoms with E-state index in [9.17, 15) is 4.39 Å². The van der Waals surface area contributed by atoms with Crippen molar-refractivity contribution < 1.29 is 4.39 Å². The van der Waals surface area contributed by atoms with Crippen molar-refractivity contribution in [3.8, 4) is 11.3 Å². The first-order chi connectivity index (χ1) is 8.76. The van der Waals surface area contributed by atoms with Crippen LogP contribution >= 0.6 is 0 Å². The molecule has 0 spiro atoms. The van der Waals surface area contributed by atoms with Gasteiger partial charge in [0.2, 0.25) is 0 Å². The number of nitrogens with one attached hydrogen (secondary N) is 1. The summed E-state index contributed by atoms with van der Waals surface area (Å²) in [4.78, 5) is 0. The molecule has 1 N–H and O–H groups in total. The number of hydrogen-bond donors (Lipinski definition) is 1. The number of benzene rings is 1. The molecule has 4 heteroatoms. The van der Waals surface area contributed by atoms with E-state index in [-0.39, 0.29) is 5.82 Å². The Morgan fingerprint density at radius 3 is 2.78 bits per heavy atom. The third-order valence-electron chi connectivity index (χ3n) is 2.93. The molecule has 3 nitrogen and oxygen atoms in total. The number of aromatic nitrogens is 2. The third kappa shape index (κ3) is 2.59. The van der Waals surface area contributed by atoms with Crippen molar-refractivity contribution in [2.75, 3.05) is 6.54 Å². The van der Waals surface area contributed by atoms with Gasteiger partial charge in [0.25, 0.3) is 0 Å². The SMILES string of the molecule is CCNCc1ccc(-c2ccnn2CC)cc1F. The van der Waals surface area contributed by atoms with E-state index < -0.39 is 0 Å². The fourth-order valence-corrected chi connectivity index (χ4v) is 1.94. The quantitative estimate of drug-likeness (QED) is 0.880. The Labute approximate surface area is 107 Å². The van der Waals surface area contributed by atoms with E-state index in [2.05, 4.69) is 10.4 Å². The Bertz CT molecular complexity index is 520. The van der Waals surface area contributed by atoms with Crippen molar-refractivity contribution in [3.63, 3.8) is 0 Å². The molecule has 0 saturated heterocycles. The van der Waals surface area contributed by atoms with Gasteiger partial charge >= 0.3 is 0 Å². The van der Waals surface area contributed by atoms with Crippen LogP contribution in [0.4, 0.5) is 4.39 Å². The summed E-state index contributed by atoms with van der Waals surface area (Å²) >= 11 is 0. The highest BCUT2D eigenvalue weighted by molar-refractivity contribution is 5.59. The van der Waals surface area contributed by atoms with Gasteiger partial charge in [0.15, 0.2) is 0 Å². The van der Waals surface area contributed by atoms with Gasteiger partial charge in [-0.2, -0.15) is 5.10 Å². The van der Waals surface area contributed by atoms with Gasteiger partial charge in [-0.3, -0.25) is 4.68 Å². The molecule has 18 heavy (non-hydrogen) atoms. The van der Waals surface area contributed by atoms with Crippen LogP contribution < -0.4 is 5.32 Å². The summed E-state index contributed by atoms with van der Waals surface area (Å²) in [6, 6.07) is 7.26. The maximum atomic E-state index is 13.9. The molecular weight excluding hydrogens is 229 g/mol. The van der Waals surface area contributed by atoms with E-state index in [1.165, 1.54) is 0 Å². The highest BCUT2D eigenvalue weighted by atomic mass is 19.1. The lowest BCUT2D eigenvalue weighted by Crippen LogP contribution is -2.12. The van der Waals surface area contributed by atoms with E-state index in [1.54, 1.807) is 12.3 Å². The van der Waals surface area contributed by atoms with Crippen LogP contribution in [-0.4, -0.2) is 16.3 Å². The topological polar surface area (TPSA) is 29.9 Å². The molecule has 0 aliphatic carbocycles. The van der Waals surface area contributed by atoms with Crippen LogP contribution in [-0.2, 0) is 13.1 Å². The van der Waals surface area contributed by atoms with Gasteiger partial charge < -0.3 is 5.32 Å². The smallest absolute Gasteiger partial charge is 0.128 e. The van der Waals surface area contributed by atoms with Crippen LogP contribution in [0.1, 0.15) is 19.4 Å². The first-order valence-electron chi connectivity index (χ1n) is 6.27. The summed E-state index contributed by atoms with van der Waals surface area (Å²) in [6.45, 7) is 6.21. The van der Waals surface area contributed by atoms with Crippen LogP contribution in [0.15, 0.2) is 30.5 Å². The zero-order valence-electron chi connectivity index (χ0n) is 10.8. The normalized spacial score (nSPS) is 10.8. The van der Waals surface area contributed by atoms with Crippen molar-refractivity contribution in [1.29, 1.82) is 0 Å². The molecule has 0 saturated carbocycles. The highest BCUT2D eigenvalue weighted by Gasteiger charge is 2.08. The van der Waals surface area contributed by atoms with Crippen molar-refractivity contribution in [2.45, 2.75) is 26.9 Å². The number of hydrogen-bond acceptors (Lipinski definition) is 2. The Hall–Kier alpha value is -1.68. The zero-order chi connectivity index (χ0) is 13.0. The van der Waals surface area contributed by atoms with Gasteiger partial charge in [-0.15, -0.1) is 0 Å². The second-order valence-electron chi connectivity index (χ2n) is 4.12. The maximum Gasteiger partial charge on any atom is 0.128 e. The molecule has 96 valence electrons. The molecule has 1 aromatic heterocycles. The summed E-state index contributed by atoms with van der Waals surface area (Å²) in [6.07, 6.45) is 1.74. The number of aryl methyl sites for hydroxylation is 1. The van der Waals surface area contributed by atoms with Crippen LogP contribution in [0.5, 0.6) is 0 Å². The minimum absolute atomic E-state index is 0.169. The number of nitrogens with zero attached hydrogens (tertiary/aromatic N) is 2. The minimum atomic E-state index is -0.169. The van der Waals surface area contributed by atoms with Crippen molar-refractivity contribution in [1.82, 2.24) is 15.1 Å². The molecule has 0 radical (unpaired) electrons. The molecular formula is C14H18FN3. The predicted molar refractivity (Wildman–Crippen MR) is 70.7 cm³/mol. The molecule has 1 aromatic carbocycles. The first-order valence-corrected chi connectivity index (χ1v) is 6.27. The lowest BCUT2D eigenvalue weighted by Gasteiger charge is -2.08. The average Bonchev–Trinajstić information content (AvgIpc) is 2.85. The highest BCUT2D eigenvalue weighted by Crippen LogP contribution is 2.21. The standard InChI is InChI=1S/C14H18FN3/c1-3-16-10-12-6-5-11(9-13(12)15)14-7-8-17-18(14)4-2/h5-9,16H,3-4,10H2,1-2H3. The Morgan fingerprint density at radius 1 is 1.28 bits per heavy atom. The predicted octanol–water partition coefficient (Wildman–Crippen LogP) is 2.82. The molecule has 0 aliphatic rings. The fraction of sp³-hybridized carbons (Fsp3) is 0.357. The Balaban J connectivity index is 2.28. The van der Waals surface area contributed by atoms with Crippen LogP contribution in [0.3, 0.4) is 0 Å². The molecule has 0 atom stereocenters. The van der Waals surface area contributed by atoms with Crippen molar-refractivity contribution in [2.24, 2.45) is 0 Å². The minimum Gasteiger partial charge on any atom is -0.313 e. The molecule has 0 fully saturated rings. The molecule has 2 aromatic rings. The lowest BCUT2D eigenvalue weighted by atomic mass is 10.1. The summed E-state index contributed by atoms with van der Waals surface area (Å²) in [5.74, 6) is -0.169. The van der Waals surface area contributed by atoms with E-state index in [0.29, 0.717) is 12.1 Å². The van der Waals surface area contributed by atoms with Gasteiger partial charge in [-0.05, 0) is 25.6 Å². The largest absolute Gasteiger partial charge is 0.313 e. The van der Waals surface area contributed by atoms with Crippen LogP contribution in [0.25, 0.3) is 11.3 Å². The Morgan fingerprint density at radius 2 is 2.11 bits per heavy atom.